The molecular formula is C20H28Cl2N2O4. The Morgan fingerprint density at radius 2 is 2.07 bits per heavy atom. The summed E-state index contributed by atoms with van der Waals surface area (Å²) in [6.45, 7) is 6.07. The van der Waals surface area contributed by atoms with Gasteiger partial charge in [-0.05, 0) is 32.0 Å². The summed E-state index contributed by atoms with van der Waals surface area (Å²) < 4.78 is 11.4. The molecule has 1 amide bonds. The molecule has 0 saturated carbocycles. The van der Waals surface area contributed by atoms with Crippen molar-refractivity contribution in [2.45, 2.75) is 38.7 Å². The summed E-state index contributed by atoms with van der Waals surface area (Å²) in [5.41, 5.74) is 0.307. The Balaban J connectivity index is 1.63. The van der Waals surface area contributed by atoms with Gasteiger partial charge >= 0.3 is 0 Å². The lowest BCUT2D eigenvalue weighted by Crippen LogP contribution is -2.47. The molecular weight excluding hydrogens is 403 g/mol. The third-order valence-corrected chi connectivity index (χ3v) is 6.09. The van der Waals surface area contributed by atoms with E-state index in [2.05, 4.69) is 17.1 Å². The topological polar surface area (TPSA) is 71.0 Å². The van der Waals surface area contributed by atoms with Gasteiger partial charge < -0.3 is 24.8 Å². The fourth-order valence-electron chi connectivity index (χ4n) is 3.62. The third kappa shape index (κ3) is 5.03. The standard InChI is InChI=1S/C20H28Cl2N2O4/c1-2-3-6-24-7-5-13(16(25)12-24)11-23-20(26)14-10-15(21)17(22)19-18(14)27-8-4-9-28-19/h10,13,16,25H,2-9,11-12H2,1H3,(H,23,26)/t13-,16+/m0/s1. The summed E-state index contributed by atoms with van der Waals surface area (Å²) in [6.07, 6.45) is 3.39. The van der Waals surface area contributed by atoms with Crippen LogP contribution in [0.5, 0.6) is 11.5 Å². The van der Waals surface area contributed by atoms with Crippen molar-refractivity contribution in [2.24, 2.45) is 5.92 Å². The molecule has 1 aromatic carbocycles. The van der Waals surface area contributed by atoms with Gasteiger partial charge in [0.2, 0.25) is 0 Å². The number of aliphatic hydroxyl groups is 1. The van der Waals surface area contributed by atoms with Crippen LogP contribution in [0.1, 0.15) is 43.0 Å². The van der Waals surface area contributed by atoms with Crippen molar-refractivity contribution in [3.63, 3.8) is 0 Å². The van der Waals surface area contributed by atoms with E-state index in [1.807, 2.05) is 0 Å². The first-order chi connectivity index (χ1) is 13.5. The van der Waals surface area contributed by atoms with E-state index in [0.717, 1.165) is 32.4 Å². The maximum atomic E-state index is 12.8. The zero-order valence-corrected chi connectivity index (χ0v) is 17.7. The molecule has 2 aliphatic heterocycles. The predicted octanol–water partition coefficient (Wildman–Crippen LogP) is 3.37. The van der Waals surface area contributed by atoms with Crippen LogP contribution < -0.4 is 14.8 Å². The molecule has 156 valence electrons. The van der Waals surface area contributed by atoms with Gasteiger partial charge in [0.15, 0.2) is 11.5 Å². The summed E-state index contributed by atoms with van der Waals surface area (Å²) in [5, 5.41) is 13.9. The van der Waals surface area contributed by atoms with Crippen molar-refractivity contribution in [1.29, 1.82) is 0 Å². The first-order valence-corrected chi connectivity index (χ1v) is 10.7. The monoisotopic (exact) mass is 430 g/mol. The van der Waals surface area contributed by atoms with E-state index in [4.69, 9.17) is 32.7 Å². The Morgan fingerprint density at radius 1 is 1.32 bits per heavy atom. The lowest BCUT2D eigenvalue weighted by Gasteiger charge is -2.36. The van der Waals surface area contributed by atoms with Gasteiger partial charge in [-0.3, -0.25) is 4.79 Å². The number of β-amino-alcohol motifs (C(OH)–C–C–N with tert-alkyl or cyclic N) is 1. The van der Waals surface area contributed by atoms with Crippen molar-refractivity contribution in [1.82, 2.24) is 10.2 Å². The predicted molar refractivity (Wildman–Crippen MR) is 110 cm³/mol. The quantitative estimate of drug-likeness (QED) is 0.723. The number of hydrogen-bond donors (Lipinski definition) is 2. The van der Waals surface area contributed by atoms with Gasteiger partial charge in [0.25, 0.3) is 5.91 Å². The number of ether oxygens (including phenoxy) is 2. The van der Waals surface area contributed by atoms with Gasteiger partial charge in [-0.25, -0.2) is 0 Å². The van der Waals surface area contributed by atoms with E-state index in [1.54, 1.807) is 0 Å². The lowest BCUT2D eigenvalue weighted by molar-refractivity contribution is 0.0217. The molecule has 0 unspecified atom stereocenters. The smallest absolute Gasteiger partial charge is 0.255 e. The van der Waals surface area contributed by atoms with Gasteiger partial charge in [-0.15, -0.1) is 0 Å². The summed E-state index contributed by atoms with van der Waals surface area (Å²) in [6, 6.07) is 1.51. The molecule has 8 heteroatoms. The molecule has 2 aliphatic rings. The van der Waals surface area contributed by atoms with Crippen molar-refractivity contribution < 1.29 is 19.4 Å². The molecule has 0 bridgehead atoms. The van der Waals surface area contributed by atoms with E-state index in [9.17, 15) is 9.90 Å². The lowest BCUT2D eigenvalue weighted by atomic mass is 9.93. The van der Waals surface area contributed by atoms with Crippen molar-refractivity contribution in [2.75, 3.05) is 39.4 Å². The molecule has 0 spiro atoms. The van der Waals surface area contributed by atoms with Crippen molar-refractivity contribution in [3.8, 4) is 11.5 Å². The SMILES string of the molecule is CCCCN1CC[C@@H](CNC(=O)c2cc(Cl)c(Cl)c3c2OCCCO3)[C@H](O)C1. The van der Waals surface area contributed by atoms with Crippen LogP contribution in [0.4, 0.5) is 0 Å². The molecule has 6 nitrogen and oxygen atoms in total. The number of nitrogens with one attached hydrogen (secondary N) is 1. The second-order valence-corrected chi connectivity index (χ2v) is 8.19. The van der Waals surface area contributed by atoms with E-state index in [-0.39, 0.29) is 21.9 Å². The summed E-state index contributed by atoms with van der Waals surface area (Å²) >= 11 is 12.4. The van der Waals surface area contributed by atoms with Crippen LogP contribution >= 0.6 is 23.2 Å². The highest BCUT2D eigenvalue weighted by Gasteiger charge is 2.29. The Hall–Kier alpha value is -1.21. The molecule has 1 saturated heterocycles. The maximum Gasteiger partial charge on any atom is 0.255 e. The van der Waals surface area contributed by atoms with Crippen LogP contribution in [0.3, 0.4) is 0 Å². The minimum absolute atomic E-state index is 0.0281. The van der Waals surface area contributed by atoms with Gasteiger partial charge in [0.05, 0.1) is 29.9 Å². The Morgan fingerprint density at radius 3 is 2.79 bits per heavy atom. The molecule has 28 heavy (non-hydrogen) atoms. The zero-order chi connectivity index (χ0) is 20.1. The Kier molecular flexibility index (Phi) is 7.69. The van der Waals surface area contributed by atoms with Crippen LogP contribution in [0, 0.1) is 5.92 Å². The van der Waals surface area contributed by atoms with Crippen LogP contribution in [-0.4, -0.2) is 61.4 Å². The number of nitrogens with zero attached hydrogens (tertiary/aromatic N) is 1. The number of likely N-dealkylation sites (tertiary alicyclic amines) is 1. The molecule has 0 aliphatic carbocycles. The van der Waals surface area contributed by atoms with Gasteiger partial charge in [-0.1, -0.05) is 36.5 Å². The normalized spacial score (nSPS) is 22.6. The van der Waals surface area contributed by atoms with Crippen LogP contribution in [0.15, 0.2) is 6.07 Å². The van der Waals surface area contributed by atoms with E-state index >= 15 is 0 Å². The summed E-state index contributed by atoms with van der Waals surface area (Å²) in [7, 11) is 0. The number of rotatable bonds is 6. The van der Waals surface area contributed by atoms with Crippen LogP contribution in [-0.2, 0) is 0 Å². The number of carbonyl (C=O) groups excluding carboxylic acids is 1. The largest absolute Gasteiger partial charge is 0.489 e. The number of fused-ring (bicyclic) bond motifs is 1. The fraction of sp³-hybridized carbons (Fsp3) is 0.650. The average Bonchev–Trinajstić information content (AvgIpc) is 2.94. The molecule has 0 radical (unpaired) electrons. The van der Waals surface area contributed by atoms with Gasteiger partial charge in [0.1, 0.15) is 5.02 Å². The van der Waals surface area contributed by atoms with E-state index < -0.39 is 6.10 Å². The van der Waals surface area contributed by atoms with Crippen LogP contribution in [0.25, 0.3) is 0 Å². The molecule has 3 rings (SSSR count). The number of unbranched alkanes of at least 4 members (excludes halogenated alkanes) is 1. The molecule has 2 heterocycles. The highest BCUT2D eigenvalue weighted by Crippen LogP contribution is 2.44. The molecule has 1 aromatic rings. The highest BCUT2D eigenvalue weighted by molar-refractivity contribution is 6.43. The molecule has 2 N–H and O–H groups in total. The molecule has 2 atom stereocenters. The Labute approximate surface area is 176 Å². The minimum Gasteiger partial charge on any atom is -0.489 e. The number of aliphatic hydroxyl groups excluding tert-OH is 1. The summed E-state index contributed by atoms with van der Waals surface area (Å²) in [5.74, 6) is 0.377. The van der Waals surface area contributed by atoms with Gasteiger partial charge in [0, 0.05) is 25.4 Å². The number of carbonyl (C=O) groups is 1. The zero-order valence-electron chi connectivity index (χ0n) is 16.2. The average molecular weight is 431 g/mol. The second-order valence-electron chi connectivity index (χ2n) is 7.41. The Bertz CT molecular complexity index is 701. The fourth-order valence-corrected chi connectivity index (χ4v) is 4.01. The third-order valence-electron chi connectivity index (χ3n) is 5.32. The number of benzene rings is 1. The molecule has 1 fully saturated rings. The first-order valence-electron chi connectivity index (χ1n) is 9.97. The number of piperidine rings is 1. The van der Waals surface area contributed by atoms with Crippen molar-refractivity contribution >= 4 is 29.1 Å². The number of halogens is 2. The first kappa shape index (κ1) is 21.5. The van der Waals surface area contributed by atoms with Gasteiger partial charge in [-0.2, -0.15) is 0 Å². The summed E-state index contributed by atoms with van der Waals surface area (Å²) in [4.78, 5) is 15.1. The minimum atomic E-state index is -0.448. The molecule has 0 aromatic heterocycles. The highest BCUT2D eigenvalue weighted by atomic mass is 35.5. The second kappa shape index (κ2) is 10.0. The number of amides is 1. The van der Waals surface area contributed by atoms with Crippen molar-refractivity contribution in [3.05, 3.63) is 21.7 Å². The van der Waals surface area contributed by atoms with Crippen LogP contribution in [0.2, 0.25) is 10.0 Å². The van der Waals surface area contributed by atoms with E-state index in [1.165, 1.54) is 6.07 Å². The maximum absolute atomic E-state index is 12.8. The van der Waals surface area contributed by atoms with E-state index in [0.29, 0.717) is 49.8 Å². The number of hydrogen-bond acceptors (Lipinski definition) is 5.